The van der Waals surface area contributed by atoms with Crippen molar-refractivity contribution < 1.29 is 19.4 Å². The zero-order valence-electron chi connectivity index (χ0n) is 14.3. The smallest absolute Gasteiger partial charge is 0.189 e. The molecule has 124 valence electrons. The molecule has 24 heavy (non-hydrogen) atoms. The molecule has 1 aliphatic rings. The first-order valence-corrected chi connectivity index (χ1v) is 7.75. The lowest BCUT2D eigenvalue weighted by atomic mass is 10.0. The van der Waals surface area contributed by atoms with E-state index >= 15 is 0 Å². The molecule has 0 aromatic heterocycles. The van der Waals surface area contributed by atoms with Gasteiger partial charge in [0, 0.05) is 17.6 Å². The van der Waals surface area contributed by atoms with Crippen molar-refractivity contribution in [1.82, 2.24) is 0 Å². The lowest BCUT2D eigenvalue weighted by Gasteiger charge is -2.08. The van der Waals surface area contributed by atoms with E-state index in [1.165, 1.54) is 0 Å². The molecule has 0 atom stereocenters. The number of ketones is 1. The van der Waals surface area contributed by atoms with Gasteiger partial charge in [-0.25, -0.2) is 0 Å². The number of fused-ring (bicyclic) bond motifs is 1. The monoisotopic (exact) mass is 324 g/mol. The Morgan fingerprint density at radius 2 is 1.58 bits per heavy atom. The molecule has 0 fully saturated rings. The molecule has 1 aliphatic carbocycles. The van der Waals surface area contributed by atoms with Gasteiger partial charge < -0.3 is 14.6 Å². The number of phenols is 1. The number of Topliss-reactive ketones (excluding diaryl/α,β-unsaturated/α-hetero) is 1. The summed E-state index contributed by atoms with van der Waals surface area (Å²) in [6.45, 7) is 3.70. The summed E-state index contributed by atoms with van der Waals surface area (Å²) in [6.07, 6.45) is 2.45. The van der Waals surface area contributed by atoms with E-state index in [0.29, 0.717) is 29.2 Å². The van der Waals surface area contributed by atoms with Gasteiger partial charge in [-0.15, -0.1) is 0 Å². The molecule has 0 heterocycles. The second-order valence-electron chi connectivity index (χ2n) is 6.04. The van der Waals surface area contributed by atoms with Gasteiger partial charge in [-0.1, -0.05) is 0 Å². The topological polar surface area (TPSA) is 55.8 Å². The van der Waals surface area contributed by atoms with Crippen LogP contribution in [-0.2, 0) is 6.42 Å². The van der Waals surface area contributed by atoms with Crippen LogP contribution in [0, 0.1) is 13.8 Å². The zero-order valence-corrected chi connectivity index (χ0v) is 14.3. The zero-order chi connectivity index (χ0) is 17.4. The minimum absolute atomic E-state index is 0.00864. The van der Waals surface area contributed by atoms with Crippen LogP contribution >= 0.6 is 0 Å². The highest BCUT2D eigenvalue weighted by Crippen LogP contribution is 2.37. The standard InChI is InChI=1S/C20H20O4/c1-11-5-13(6-12(2)19(11)21)7-15-8-14-9-17(23-3)18(24-4)10-16(14)20(15)22/h5-7,9-10,21H,8H2,1-4H3/b15-7-. The average Bonchev–Trinajstić information content (AvgIpc) is 2.86. The Morgan fingerprint density at radius 3 is 2.17 bits per heavy atom. The number of hydrogen-bond donors (Lipinski definition) is 1. The first kappa shape index (κ1) is 16.1. The Bertz CT molecular complexity index is 839. The van der Waals surface area contributed by atoms with Crippen LogP contribution in [-0.4, -0.2) is 25.1 Å². The number of methoxy groups -OCH3 is 2. The van der Waals surface area contributed by atoms with Gasteiger partial charge in [0.15, 0.2) is 17.3 Å². The molecule has 2 aromatic carbocycles. The highest BCUT2D eigenvalue weighted by atomic mass is 16.5. The molecule has 0 saturated carbocycles. The third-order valence-corrected chi connectivity index (χ3v) is 4.38. The molecular weight excluding hydrogens is 304 g/mol. The molecule has 4 heteroatoms. The molecular formula is C20H20O4. The van der Waals surface area contributed by atoms with Crippen molar-refractivity contribution in [3.63, 3.8) is 0 Å². The Labute approximate surface area is 141 Å². The van der Waals surface area contributed by atoms with Gasteiger partial charge in [-0.3, -0.25) is 4.79 Å². The Hall–Kier alpha value is -2.75. The van der Waals surface area contributed by atoms with Crippen LogP contribution in [0.15, 0.2) is 29.8 Å². The summed E-state index contributed by atoms with van der Waals surface area (Å²) in [7, 11) is 3.14. The molecule has 0 saturated heterocycles. The number of rotatable bonds is 3. The Kier molecular flexibility index (Phi) is 4.06. The van der Waals surface area contributed by atoms with Crippen molar-refractivity contribution in [1.29, 1.82) is 0 Å². The molecule has 2 aromatic rings. The van der Waals surface area contributed by atoms with Crippen molar-refractivity contribution >= 4 is 11.9 Å². The predicted molar refractivity (Wildman–Crippen MR) is 93.1 cm³/mol. The Morgan fingerprint density at radius 1 is 1.00 bits per heavy atom. The summed E-state index contributed by atoms with van der Waals surface area (Å²) in [6, 6.07) is 7.37. The fraction of sp³-hybridized carbons (Fsp3) is 0.250. The molecule has 1 N–H and O–H groups in total. The minimum Gasteiger partial charge on any atom is -0.507 e. The molecule has 0 spiro atoms. The second kappa shape index (κ2) is 6.04. The molecule has 3 rings (SSSR count). The first-order chi connectivity index (χ1) is 11.4. The summed E-state index contributed by atoms with van der Waals surface area (Å²) in [5.41, 5.74) is 4.84. The van der Waals surface area contributed by atoms with Crippen LogP contribution in [0.3, 0.4) is 0 Å². The van der Waals surface area contributed by atoms with E-state index in [9.17, 15) is 9.90 Å². The van der Waals surface area contributed by atoms with Crippen LogP contribution in [0.1, 0.15) is 32.6 Å². The van der Waals surface area contributed by atoms with Crippen LogP contribution in [0.25, 0.3) is 6.08 Å². The van der Waals surface area contributed by atoms with E-state index in [-0.39, 0.29) is 5.78 Å². The van der Waals surface area contributed by atoms with E-state index in [0.717, 1.165) is 27.8 Å². The van der Waals surface area contributed by atoms with Gasteiger partial charge in [0.05, 0.1) is 14.2 Å². The number of aromatic hydroxyl groups is 1. The van der Waals surface area contributed by atoms with Gasteiger partial charge in [-0.2, -0.15) is 0 Å². The lowest BCUT2D eigenvalue weighted by Crippen LogP contribution is -1.97. The van der Waals surface area contributed by atoms with Crippen molar-refractivity contribution in [3.05, 3.63) is 57.7 Å². The summed E-state index contributed by atoms with van der Waals surface area (Å²) in [5, 5.41) is 9.89. The van der Waals surface area contributed by atoms with Gasteiger partial charge in [0.2, 0.25) is 0 Å². The summed E-state index contributed by atoms with van der Waals surface area (Å²) in [4.78, 5) is 12.7. The minimum atomic E-state index is 0.00864. The fourth-order valence-electron chi connectivity index (χ4n) is 3.13. The molecule has 0 bridgehead atoms. The number of allylic oxidation sites excluding steroid dienone is 1. The summed E-state index contributed by atoms with van der Waals surface area (Å²) < 4.78 is 10.6. The summed E-state index contributed by atoms with van der Waals surface area (Å²) >= 11 is 0. The normalized spacial score (nSPS) is 14.8. The third-order valence-electron chi connectivity index (χ3n) is 4.38. The van der Waals surface area contributed by atoms with Gasteiger partial charge in [-0.05, 0) is 66.4 Å². The van der Waals surface area contributed by atoms with Crippen molar-refractivity contribution in [2.75, 3.05) is 14.2 Å². The Balaban J connectivity index is 2.02. The second-order valence-corrected chi connectivity index (χ2v) is 6.04. The van der Waals surface area contributed by atoms with Crippen LogP contribution in [0.4, 0.5) is 0 Å². The SMILES string of the molecule is COc1cc2c(cc1OC)C(=O)/C(=C\c1cc(C)c(O)c(C)c1)C2. The quantitative estimate of drug-likeness (QED) is 0.871. The maximum atomic E-state index is 12.7. The van der Waals surface area contributed by atoms with Crippen molar-refractivity contribution in [2.45, 2.75) is 20.3 Å². The molecule has 0 unspecified atom stereocenters. The predicted octanol–water partition coefficient (Wildman–Crippen LogP) is 3.85. The molecule has 0 aliphatic heterocycles. The van der Waals surface area contributed by atoms with E-state index in [1.54, 1.807) is 20.3 Å². The number of ether oxygens (including phenoxy) is 2. The van der Waals surface area contributed by atoms with Crippen molar-refractivity contribution in [3.8, 4) is 17.2 Å². The number of carbonyl (C=O) groups is 1. The van der Waals surface area contributed by atoms with Gasteiger partial charge in [0.25, 0.3) is 0 Å². The summed E-state index contributed by atoms with van der Waals surface area (Å²) in [5.74, 6) is 1.49. The molecule has 4 nitrogen and oxygen atoms in total. The number of phenolic OH excluding ortho intramolecular Hbond substituents is 1. The number of benzene rings is 2. The van der Waals surface area contributed by atoms with Crippen LogP contribution in [0.2, 0.25) is 0 Å². The van der Waals surface area contributed by atoms with E-state index < -0.39 is 0 Å². The van der Waals surface area contributed by atoms with Gasteiger partial charge >= 0.3 is 0 Å². The molecule has 0 amide bonds. The number of hydrogen-bond acceptors (Lipinski definition) is 4. The number of carbonyl (C=O) groups excluding carboxylic acids is 1. The first-order valence-electron chi connectivity index (χ1n) is 7.75. The average molecular weight is 324 g/mol. The highest BCUT2D eigenvalue weighted by Gasteiger charge is 2.27. The van der Waals surface area contributed by atoms with E-state index in [1.807, 2.05) is 38.1 Å². The fourth-order valence-corrected chi connectivity index (χ4v) is 3.13. The molecule has 0 radical (unpaired) electrons. The highest BCUT2D eigenvalue weighted by molar-refractivity contribution is 6.16. The maximum Gasteiger partial charge on any atom is 0.189 e. The largest absolute Gasteiger partial charge is 0.507 e. The van der Waals surface area contributed by atoms with Crippen LogP contribution in [0.5, 0.6) is 17.2 Å². The number of aryl methyl sites for hydroxylation is 2. The van der Waals surface area contributed by atoms with E-state index in [2.05, 4.69) is 0 Å². The van der Waals surface area contributed by atoms with Gasteiger partial charge in [0.1, 0.15) is 5.75 Å². The van der Waals surface area contributed by atoms with Crippen LogP contribution < -0.4 is 9.47 Å². The van der Waals surface area contributed by atoms with Crippen molar-refractivity contribution in [2.24, 2.45) is 0 Å². The van der Waals surface area contributed by atoms with E-state index in [4.69, 9.17) is 9.47 Å². The third kappa shape index (κ3) is 2.64. The maximum absolute atomic E-state index is 12.7. The lowest BCUT2D eigenvalue weighted by molar-refractivity contribution is 0.104.